The first-order valence-corrected chi connectivity index (χ1v) is 25.7. The van der Waals surface area contributed by atoms with Gasteiger partial charge < -0.3 is 45.3 Å². The molecule has 0 radical (unpaired) electrons. The molecule has 0 spiro atoms. The van der Waals surface area contributed by atoms with Crippen molar-refractivity contribution in [3.8, 4) is 17.2 Å². The Bertz CT molecular complexity index is 2500. The maximum Gasteiger partial charge on any atom is 0.304 e. The molecule has 3 aromatic carbocycles. The van der Waals surface area contributed by atoms with Crippen molar-refractivity contribution in [3.63, 3.8) is 0 Å². The van der Waals surface area contributed by atoms with E-state index < -0.39 is 74.9 Å². The van der Waals surface area contributed by atoms with E-state index >= 15 is 0 Å². The second-order valence-electron chi connectivity index (χ2n) is 18.9. The molecule has 398 valence electrons. The van der Waals surface area contributed by atoms with E-state index in [0.29, 0.717) is 44.0 Å². The Balaban J connectivity index is 1.33. The van der Waals surface area contributed by atoms with E-state index in [1.807, 2.05) is 49.1 Å². The summed E-state index contributed by atoms with van der Waals surface area (Å²) in [5.74, 6) is -3.98. The number of rotatable bonds is 29. The Hall–Kier alpha value is -6.46. The number of ketones is 1. The van der Waals surface area contributed by atoms with Gasteiger partial charge in [-0.25, -0.2) is 0 Å². The summed E-state index contributed by atoms with van der Waals surface area (Å²) in [6.45, 7) is 9.50. The zero-order valence-corrected chi connectivity index (χ0v) is 43.4. The lowest BCUT2D eigenvalue weighted by molar-refractivity contribution is -0.143. The van der Waals surface area contributed by atoms with Gasteiger partial charge in [0.2, 0.25) is 23.6 Å². The van der Waals surface area contributed by atoms with Crippen LogP contribution in [0.5, 0.6) is 17.2 Å². The predicted molar refractivity (Wildman–Crippen MR) is 268 cm³/mol. The lowest BCUT2D eigenvalue weighted by Crippen LogP contribution is -2.60. The monoisotopic (exact) mass is 1030 g/mol. The summed E-state index contributed by atoms with van der Waals surface area (Å²) in [6, 6.07) is 16.1. The number of hydrogen-bond donors (Lipinski definition) is 6. The zero-order chi connectivity index (χ0) is 53.1. The third-order valence-electron chi connectivity index (χ3n) is 11.8. The number of carbonyl (C=O) groups is 5. The molecule has 0 saturated carbocycles. The van der Waals surface area contributed by atoms with Crippen molar-refractivity contribution in [1.82, 2.24) is 41.6 Å². The van der Waals surface area contributed by atoms with Gasteiger partial charge in [-0.05, 0) is 55.6 Å². The number of benzene rings is 3. The summed E-state index contributed by atoms with van der Waals surface area (Å²) < 4.78 is 54.8. The van der Waals surface area contributed by atoms with Crippen LogP contribution < -0.4 is 35.5 Å². The van der Waals surface area contributed by atoms with Gasteiger partial charge in [0.15, 0.2) is 10.7 Å². The summed E-state index contributed by atoms with van der Waals surface area (Å²) in [5, 5.41) is 33.0. The number of amides is 4. The number of ether oxygens (including phenoxy) is 4. The number of aromatic amines is 1. The molecule has 21 nitrogen and oxygen atoms in total. The van der Waals surface area contributed by atoms with E-state index in [1.54, 1.807) is 44.2 Å². The van der Waals surface area contributed by atoms with Gasteiger partial charge >= 0.3 is 10.1 Å². The number of methoxy groups -OCH3 is 2. The Morgan fingerprint density at radius 3 is 1.90 bits per heavy atom. The summed E-state index contributed by atoms with van der Waals surface area (Å²) in [4.78, 5) is 72.2. The summed E-state index contributed by atoms with van der Waals surface area (Å²) >= 11 is 0. The summed E-state index contributed by atoms with van der Waals surface area (Å²) in [5.41, 5.74) is -0.417. The number of Topliss-reactive ketones (excluding diaryl/α,β-unsaturated/α-hetero) is 1. The smallest absolute Gasteiger partial charge is 0.304 e. The van der Waals surface area contributed by atoms with Gasteiger partial charge in [-0.3, -0.25) is 38.2 Å². The van der Waals surface area contributed by atoms with Crippen molar-refractivity contribution in [2.75, 3.05) is 53.7 Å². The van der Waals surface area contributed by atoms with E-state index in [0.717, 1.165) is 12.5 Å². The van der Waals surface area contributed by atoms with Gasteiger partial charge in [0.05, 0.1) is 40.0 Å². The normalized spacial score (nSPS) is 15.5. The topological polar surface area (TPSA) is 279 Å². The molecule has 0 unspecified atom stereocenters. The van der Waals surface area contributed by atoms with Crippen LogP contribution in [0.15, 0.2) is 83.9 Å². The van der Waals surface area contributed by atoms with Crippen molar-refractivity contribution in [2.45, 2.75) is 108 Å². The minimum atomic E-state index is -4.82. The van der Waals surface area contributed by atoms with Crippen molar-refractivity contribution in [1.29, 1.82) is 0 Å². The molecule has 4 amide bonds. The molecule has 0 aliphatic carbocycles. The van der Waals surface area contributed by atoms with E-state index in [9.17, 15) is 37.5 Å². The summed E-state index contributed by atoms with van der Waals surface area (Å²) in [6.07, 6.45) is 2.36. The fourth-order valence-electron chi connectivity index (χ4n) is 8.05. The van der Waals surface area contributed by atoms with Gasteiger partial charge in [-0.15, -0.1) is 5.10 Å². The SMILES string of the molecule is COc1cc(OCc2c[nH]nn2)cc(OC)c1S(=O)(=O)OC[C@@](C)(O)C(=O)[C@H](CC(C)C)NC(=O)[C@H](Cc1ccccc1)NC(=O)[C@H](CC(C)C)NC(=O)[C@H](CCc1ccccc1)NC(=O)CN1CCOCC1. The van der Waals surface area contributed by atoms with Gasteiger partial charge in [0.25, 0.3) is 0 Å². The molecule has 1 saturated heterocycles. The number of aliphatic hydroxyl groups is 1. The molecule has 0 bridgehead atoms. The van der Waals surface area contributed by atoms with Crippen LogP contribution in [0.2, 0.25) is 0 Å². The first-order valence-electron chi connectivity index (χ1n) is 24.3. The van der Waals surface area contributed by atoms with Crippen molar-refractivity contribution in [3.05, 3.63) is 95.8 Å². The third kappa shape index (κ3) is 17.9. The van der Waals surface area contributed by atoms with Crippen molar-refractivity contribution < 1.29 is 60.6 Å². The van der Waals surface area contributed by atoms with Gasteiger partial charge in [0, 0.05) is 37.8 Å². The molecule has 73 heavy (non-hydrogen) atoms. The van der Waals surface area contributed by atoms with Crippen LogP contribution >= 0.6 is 0 Å². The molecule has 5 atom stereocenters. The predicted octanol–water partition coefficient (Wildman–Crippen LogP) is 2.67. The van der Waals surface area contributed by atoms with E-state index in [4.69, 9.17) is 23.1 Å². The van der Waals surface area contributed by atoms with Crippen molar-refractivity contribution in [2.24, 2.45) is 11.8 Å². The van der Waals surface area contributed by atoms with Crippen molar-refractivity contribution >= 4 is 39.5 Å². The number of H-pyrrole nitrogens is 1. The fraction of sp³-hybridized carbons (Fsp3) is 0.510. The lowest BCUT2D eigenvalue weighted by atomic mass is 9.90. The molecule has 5 rings (SSSR count). The Morgan fingerprint density at radius 2 is 1.33 bits per heavy atom. The Kier molecular flexibility index (Phi) is 21.7. The number of morpholine rings is 1. The van der Waals surface area contributed by atoms with Crippen LogP contribution in [-0.4, -0.2) is 147 Å². The van der Waals surface area contributed by atoms with Crippen LogP contribution in [0.4, 0.5) is 0 Å². The minimum Gasteiger partial charge on any atom is -0.495 e. The molecule has 1 aromatic heterocycles. The first-order chi connectivity index (χ1) is 34.8. The molecular weight excluding hydrogens is 965 g/mol. The van der Waals surface area contributed by atoms with E-state index in [-0.39, 0.29) is 73.8 Å². The summed E-state index contributed by atoms with van der Waals surface area (Å²) in [7, 11) is -2.37. The number of aromatic nitrogens is 3. The minimum absolute atomic E-state index is 0.00455. The second-order valence-corrected chi connectivity index (χ2v) is 20.5. The van der Waals surface area contributed by atoms with E-state index in [1.165, 1.54) is 32.5 Å². The number of hydrogen-bond acceptors (Lipinski definition) is 16. The molecule has 1 aliphatic rings. The molecule has 6 N–H and O–H groups in total. The van der Waals surface area contributed by atoms with Gasteiger partial charge in [-0.1, -0.05) is 93.6 Å². The number of carbonyl (C=O) groups excluding carboxylic acids is 5. The number of nitrogens with zero attached hydrogens (tertiary/aromatic N) is 3. The van der Waals surface area contributed by atoms with Crippen LogP contribution in [0.3, 0.4) is 0 Å². The van der Waals surface area contributed by atoms with Gasteiger partial charge in [0.1, 0.15) is 59.9 Å². The first kappa shape index (κ1) is 57.4. The molecule has 1 aliphatic heterocycles. The molecular formula is C51H70N8O13S. The third-order valence-corrected chi connectivity index (χ3v) is 13.2. The number of nitrogens with one attached hydrogen (secondary N) is 5. The van der Waals surface area contributed by atoms with Gasteiger partial charge in [-0.2, -0.15) is 8.42 Å². The maximum atomic E-state index is 14.5. The highest BCUT2D eigenvalue weighted by Gasteiger charge is 2.41. The molecule has 2 heterocycles. The van der Waals surface area contributed by atoms with Crippen LogP contribution in [-0.2, 0) is 62.5 Å². The molecule has 1 fully saturated rings. The van der Waals surface area contributed by atoms with Crippen LogP contribution in [0.25, 0.3) is 0 Å². The fourth-order valence-corrected chi connectivity index (χ4v) is 9.32. The second kappa shape index (κ2) is 27.6. The number of aryl methyl sites for hydroxylation is 1. The average molecular weight is 1040 g/mol. The lowest BCUT2D eigenvalue weighted by Gasteiger charge is -2.30. The Morgan fingerprint density at radius 1 is 0.781 bits per heavy atom. The highest BCUT2D eigenvalue weighted by Crippen LogP contribution is 2.39. The quantitative estimate of drug-likeness (QED) is 0.0427. The standard InChI is InChI=1S/C51H70N8O13S/c1-33(2)24-40(47(61)51(5,65)32-72-73(66,67)46-43(68-6)27-38(28-44(46)69-7)71-31-37-29-52-58-57-37)54-50(64)42(26-36-16-12-9-13-17-36)56-49(63)41(25-34(3)4)55-48(62)39(19-18-35-14-10-8-11-15-35)53-45(60)30-59-20-22-70-23-21-59/h8-17,27-29,33-34,39-42,65H,18-26,30-32H2,1-7H3,(H,53,60)(H,54,64)(H,55,62)(H,56,63)(H,52,57,58)/t39-,40-,41-,42-,51+/m0/s1. The van der Waals surface area contributed by atoms with Crippen LogP contribution in [0, 0.1) is 11.8 Å². The highest BCUT2D eigenvalue weighted by atomic mass is 32.2. The zero-order valence-electron chi connectivity index (χ0n) is 42.6. The Labute approximate surface area is 426 Å². The maximum absolute atomic E-state index is 14.5. The highest BCUT2D eigenvalue weighted by molar-refractivity contribution is 7.87. The average Bonchev–Trinajstić information content (AvgIpc) is 3.90. The van der Waals surface area contributed by atoms with Crippen LogP contribution in [0.1, 0.15) is 70.7 Å². The molecule has 22 heteroatoms. The largest absolute Gasteiger partial charge is 0.495 e. The van der Waals surface area contributed by atoms with E-state index in [2.05, 4.69) is 36.7 Å². The molecule has 4 aromatic rings.